The standard InChI is InChI=1S/C6H7Cl2NO/c1-4-2-6(10-9-4)5(8)3-7/h3,6H,2H2,1H3/b5-3-. The molecule has 0 fully saturated rings. The summed E-state index contributed by atoms with van der Waals surface area (Å²) in [6, 6.07) is 0. The van der Waals surface area contributed by atoms with E-state index in [9.17, 15) is 0 Å². The van der Waals surface area contributed by atoms with Gasteiger partial charge in [0.25, 0.3) is 0 Å². The normalized spacial score (nSPS) is 26.1. The van der Waals surface area contributed by atoms with Gasteiger partial charge in [-0.15, -0.1) is 0 Å². The molecule has 0 radical (unpaired) electrons. The highest BCUT2D eigenvalue weighted by Crippen LogP contribution is 2.21. The van der Waals surface area contributed by atoms with E-state index < -0.39 is 0 Å². The van der Waals surface area contributed by atoms with Crippen LogP contribution in [0.1, 0.15) is 13.3 Å². The highest BCUT2D eigenvalue weighted by atomic mass is 35.5. The molecule has 1 atom stereocenters. The quantitative estimate of drug-likeness (QED) is 0.607. The van der Waals surface area contributed by atoms with E-state index in [2.05, 4.69) is 5.16 Å². The van der Waals surface area contributed by atoms with E-state index in [1.165, 1.54) is 5.54 Å². The van der Waals surface area contributed by atoms with Crippen molar-refractivity contribution in [2.45, 2.75) is 19.4 Å². The molecular formula is C6H7Cl2NO. The van der Waals surface area contributed by atoms with Gasteiger partial charge in [-0.1, -0.05) is 28.4 Å². The monoisotopic (exact) mass is 179 g/mol. The molecule has 0 aromatic heterocycles. The Morgan fingerprint density at radius 1 is 1.90 bits per heavy atom. The minimum Gasteiger partial charge on any atom is -0.386 e. The van der Waals surface area contributed by atoms with Crippen molar-refractivity contribution in [3.8, 4) is 0 Å². The minimum atomic E-state index is -0.154. The Balaban J connectivity index is 2.50. The summed E-state index contributed by atoms with van der Waals surface area (Å²) in [6.45, 7) is 1.89. The van der Waals surface area contributed by atoms with E-state index in [-0.39, 0.29) is 6.10 Å². The number of halogens is 2. The first-order valence-corrected chi connectivity index (χ1v) is 3.70. The van der Waals surface area contributed by atoms with Crippen molar-refractivity contribution in [2.75, 3.05) is 0 Å². The minimum absolute atomic E-state index is 0.154. The zero-order valence-corrected chi connectivity index (χ0v) is 6.99. The smallest absolute Gasteiger partial charge is 0.169 e. The molecule has 2 nitrogen and oxygen atoms in total. The molecule has 0 amide bonds. The van der Waals surface area contributed by atoms with Crippen molar-refractivity contribution in [3.05, 3.63) is 10.6 Å². The molecule has 0 aromatic carbocycles. The SMILES string of the molecule is CC1=NOC(/C(Cl)=C/Cl)C1. The second-order valence-corrected chi connectivity index (χ2v) is 2.77. The summed E-state index contributed by atoms with van der Waals surface area (Å²) in [5, 5.41) is 4.22. The van der Waals surface area contributed by atoms with E-state index in [1.807, 2.05) is 6.92 Å². The summed E-state index contributed by atoms with van der Waals surface area (Å²) in [5.74, 6) is 0. The fourth-order valence-corrected chi connectivity index (χ4v) is 0.972. The zero-order chi connectivity index (χ0) is 7.56. The lowest BCUT2D eigenvalue weighted by atomic mass is 10.2. The third kappa shape index (κ3) is 1.64. The average molecular weight is 180 g/mol. The highest BCUT2D eigenvalue weighted by molar-refractivity contribution is 6.37. The molecule has 0 saturated carbocycles. The number of hydrogen-bond acceptors (Lipinski definition) is 2. The highest BCUT2D eigenvalue weighted by Gasteiger charge is 2.20. The van der Waals surface area contributed by atoms with E-state index in [4.69, 9.17) is 28.0 Å². The van der Waals surface area contributed by atoms with Gasteiger partial charge in [-0.3, -0.25) is 0 Å². The summed E-state index contributed by atoms with van der Waals surface area (Å²) < 4.78 is 0. The van der Waals surface area contributed by atoms with Crippen LogP contribution < -0.4 is 0 Å². The molecule has 0 bridgehead atoms. The Morgan fingerprint density at radius 3 is 3.00 bits per heavy atom. The van der Waals surface area contributed by atoms with Gasteiger partial charge in [0.05, 0.1) is 10.7 Å². The summed E-state index contributed by atoms with van der Waals surface area (Å²) in [4.78, 5) is 4.92. The molecule has 1 aliphatic heterocycles. The van der Waals surface area contributed by atoms with Crippen LogP contribution in [-0.2, 0) is 4.84 Å². The van der Waals surface area contributed by atoms with E-state index >= 15 is 0 Å². The fourth-order valence-electron chi connectivity index (χ4n) is 0.715. The van der Waals surface area contributed by atoms with Crippen LogP contribution >= 0.6 is 23.2 Å². The van der Waals surface area contributed by atoms with E-state index in [1.54, 1.807) is 0 Å². The van der Waals surface area contributed by atoms with Crippen LogP contribution in [-0.4, -0.2) is 11.8 Å². The molecule has 0 aromatic rings. The van der Waals surface area contributed by atoms with Gasteiger partial charge >= 0.3 is 0 Å². The second kappa shape index (κ2) is 3.26. The lowest BCUT2D eigenvalue weighted by Gasteiger charge is -2.03. The predicted molar refractivity (Wildman–Crippen MR) is 42.4 cm³/mol. The van der Waals surface area contributed by atoms with Gasteiger partial charge < -0.3 is 4.84 Å². The number of hydrogen-bond donors (Lipinski definition) is 0. The van der Waals surface area contributed by atoms with Crippen LogP contribution in [0, 0.1) is 0 Å². The molecular weight excluding hydrogens is 173 g/mol. The summed E-state index contributed by atoms with van der Waals surface area (Å²) in [6.07, 6.45) is 0.585. The van der Waals surface area contributed by atoms with Crippen molar-refractivity contribution >= 4 is 28.9 Å². The average Bonchev–Trinajstić information content (AvgIpc) is 2.34. The summed E-state index contributed by atoms with van der Waals surface area (Å²) >= 11 is 11.0. The van der Waals surface area contributed by atoms with Gasteiger partial charge in [-0.25, -0.2) is 0 Å². The van der Waals surface area contributed by atoms with Crippen molar-refractivity contribution in [3.63, 3.8) is 0 Å². The van der Waals surface area contributed by atoms with Crippen molar-refractivity contribution in [1.82, 2.24) is 0 Å². The maximum absolute atomic E-state index is 5.67. The fraction of sp³-hybridized carbons (Fsp3) is 0.500. The largest absolute Gasteiger partial charge is 0.386 e. The molecule has 0 N–H and O–H groups in total. The Morgan fingerprint density at radius 2 is 2.60 bits per heavy atom. The zero-order valence-electron chi connectivity index (χ0n) is 5.47. The van der Waals surface area contributed by atoms with Gasteiger partial charge in [0, 0.05) is 12.0 Å². The lowest BCUT2D eigenvalue weighted by molar-refractivity contribution is 0.117. The molecule has 0 saturated heterocycles. The topological polar surface area (TPSA) is 21.6 Å². The Kier molecular flexibility index (Phi) is 2.57. The Labute approximate surface area is 69.4 Å². The van der Waals surface area contributed by atoms with Crippen LogP contribution in [0.2, 0.25) is 0 Å². The van der Waals surface area contributed by atoms with Crippen molar-refractivity contribution in [1.29, 1.82) is 0 Å². The maximum Gasteiger partial charge on any atom is 0.169 e. The van der Waals surface area contributed by atoms with Gasteiger partial charge in [0.2, 0.25) is 0 Å². The predicted octanol–water partition coefficient (Wildman–Crippen LogP) is 2.47. The first kappa shape index (κ1) is 7.89. The van der Waals surface area contributed by atoms with Crippen LogP contribution in [0.3, 0.4) is 0 Å². The third-order valence-corrected chi connectivity index (χ3v) is 1.93. The summed E-state index contributed by atoms with van der Waals surface area (Å²) in [7, 11) is 0. The third-order valence-electron chi connectivity index (χ3n) is 1.23. The molecule has 1 unspecified atom stereocenters. The first-order chi connectivity index (χ1) is 4.74. The molecule has 10 heavy (non-hydrogen) atoms. The maximum atomic E-state index is 5.67. The molecule has 4 heteroatoms. The van der Waals surface area contributed by atoms with E-state index in [0.29, 0.717) is 5.03 Å². The van der Waals surface area contributed by atoms with Crippen molar-refractivity contribution in [2.24, 2.45) is 5.16 Å². The summed E-state index contributed by atoms with van der Waals surface area (Å²) in [5.41, 5.74) is 2.25. The number of rotatable bonds is 1. The van der Waals surface area contributed by atoms with Gasteiger partial charge in [0.15, 0.2) is 6.10 Å². The van der Waals surface area contributed by atoms with Crippen LogP contribution in [0.25, 0.3) is 0 Å². The molecule has 0 spiro atoms. The lowest BCUT2D eigenvalue weighted by Crippen LogP contribution is -2.05. The number of oxime groups is 1. The van der Waals surface area contributed by atoms with Gasteiger partial charge in [-0.2, -0.15) is 0 Å². The van der Waals surface area contributed by atoms with Crippen LogP contribution in [0.5, 0.6) is 0 Å². The molecule has 1 aliphatic rings. The van der Waals surface area contributed by atoms with E-state index in [0.717, 1.165) is 12.1 Å². The van der Waals surface area contributed by atoms with Gasteiger partial charge in [0.1, 0.15) is 0 Å². The molecule has 1 rings (SSSR count). The first-order valence-electron chi connectivity index (χ1n) is 2.89. The Hall–Kier alpha value is -0.210. The molecule has 0 aliphatic carbocycles. The van der Waals surface area contributed by atoms with Crippen LogP contribution in [0.15, 0.2) is 15.7 Å². The van der Waals surface area contributed by atoms with Gasteiger partial charge in [-0.05, 0) is 6.92 Å². The van der Waals surface area contributed by atoms with Crippen molar-refractivity contribution < 1.29 is 4.84 Å². The Bertz CT molecular complexity index is 188. The van der Waals surface area contributed by atoms with Crippen LogP contribution in [0.4, 0.5) is 0 Å². The molecule has 1 heterocycles. The second-order valence-electron chi connectivity index (χ2n) is 2.12. The molecule has 56 valence electrons. The number of nitrogens with zero attached hydrogens (tertiary/aromatic N) is 1.